The second-order valence-electron chi connectivity index (χ2n) is 6.25. The van der Waals surface area contributed by atoms with Gasteiger partial charge in [0.1, 0.15) is 0 Å². The van der Waals surface area contributed by atoms with E-state index in [0.717, 1.165) is 12.8 Å². The number of hydrogen-bond acceptors (Lipinski definition) is 0. The van der Waals surface area contributed by atoms with Gasteiger partial charge in [-0.15, -0.1) is 0 Å². The monoisotopic (exact) mass is 312 g/mol. The Bertz CT molecular complexity index is 788. The van der Waals surface area contributed by atoms with Crippen molar-refractivity contribution < 1.29 is 0 Å². The van der Waals surface area contributed by atoms with Gasteiger partial charge in [-0.2, -0.15) is 0 Å². The topological polar surface area (TPSA) is 0 Å². The molecule has 0 amide bonds. The standard InChI is InChI=1S/C24H24/c1-3-4-5-6-20-9-13-22(14-10-20)24-17-15-23(16-18-24)21-11-7-19(2)8-12-21/h3-4,7-18H,5-6H2,1-2H3/b4-3+. The maximum Gasteiger partial charge on any atom is -0.0184 e. The van der Waals surface area contributed by atoms with Crippen LogP contribution in [0.25, 0.3) is 22.3 Å². The van der Waals surface area contributed by atoms with Crippen molar-refractivity contribution in [3.05, 3.63) is 96.1 Å². The van der Waals surface area contributed by atoms with E-state index in [2.05, 4.69) is 98.8 Å². The van der Waals surface area contributed by atoms with E-state index in [1.807, 2.05) is 0 Å². The zero-order valence-electron chi connectivity index (χ0n) is 14.5. The molecule has 3 rings (SSSR count). The van der Waals surface area contributed by atoms with Crippen molar-refractivity contribution in [3.8, 4) is 22.3 Å². The number of aryl methyl sites for hydroxylation is 2. The minimum atomic E-state index is 1.11. The molecule has 120 valence electrons. The number of allylic oxidation sites excluding steroid dienone is 2. The Kier molecular flexibility index (Phi) is 5.28. The van der Waals surface area contributed by atoms with Gasteiger partial charge in [0.2, 0.25) is 0 Å². The molecule has 0 radical (unpaired) electrons. The van der Waals surface area contributed by atoms with Gasteiger partial charge >= 0.3 is 0 Å². The lowest BCUT2D eigenvalue weighted by Crippen LogP contribution is -1.85. The summed E-state index contributed by atoms with van der Waals surface area (Å²) in [7, 11) is 0. The fraction of sp³-hybridized carbons (Fsp3) is 0.167. The summed E-state index contributed by atoms with van der Waals surface area (Å²) in [6, 6.07) is 26.5. The van der Waals surface area contributed by atoms with E-state index in [9.17, 15) is 0 Å². The highest BCUT2D eigenvalue weighted by atomic mass is 14.1. The summed E-state index contributed by atoms with van der Waals surface area (Å²) < 4.78 is 0. The van der Waals surface area contributed by atoms with Gasteiger partial charge in [-0.25, -0.2) is 0 Å². The third kappa shape index (κ3) is 4.02. The van der Waals surface area contributed by atoms with Gasteiger partial charge in [0.15, 0.2) is 0 Å². The molecule has 0 aliphatic rings. The summed E-state index contributed by atoms with van der Waals surface area (Å²) in [5, 5.41) is 0. The highest BCUT2D eigenvalue weighted by Gasteiger charge is 2.01. The molecule has 0 aliphatic heterocycles. The van der Waals surface area contributed by atoms with Crippen molar-refractivity contribution in [1.82, 2.24) is 0 Å². The van der Waals surface area contributed by atoms with Gasteiger partial charge in [0, 0.05) is 0 Å². The zero-order valence-corrected chi connectivity index (χ0v) is 14.5. The van der Waals surface area contributed by atoms with Gasteiger partial charge in [-0.3, -0.25) is 0 Å². The first-order valence-corrected chi connectivity index (χ1v) is 8.64. The Morgan fingerprint density at radius 3 is 1.50 bits per heavy atom. The van der Waals surface area contributed by atoms with Gasteiger partial charge in [-0.05, 0) is 54.5 Å². The number of benzene rings is 3. The Morgan fingerprint density at radius 1 is 0.625 bits per heavy atom. The van der Waals surface area contributed by atoms with E-state index in [1.54, 1.807) is 0 Å². The average Bonchev–Trinajstić information content (AvgIpc) is 2.63. The van der Waals surface area contributed by atoms with E-state index in [-0.39, 0.29) is 0 Å². The molecule has 0 nitrogen and oxygen atoms in total. The quantitative estimate of drug-likeness (QED) is 0.452. The molecule has 0 bridgehead atoms. The third-order valence-electron chi connectivity index (χ3n) is 4.39. The van der Waals surface area contributed by atoms with Crippen molar-refractivity contribution in [3.63, 3.8) is 0 Å². The van der Waals surface area contributed by atoms with Crippen molar-refractivity contribution in [2.24, 2.45) is 0 Å². The largest absolute Gasteiger partial charge is 0.0917 e. The lowest BCUT2D eigenvalue weighted by atomic mass is 9.98. The van der Waals surface area contributed by atoms with Gasteiger partial charge in [-0.1, -0.05) is 90.5 Å². The normalized spacial score (nSPS) is 11.1. The molecule has 0 saturated heterocycles. The number of rotatable bonds is 5. The first kappa shape index (κ1) is 16.3. The van der Waals surface area contributed by atoms with E-state index in [1.165, 1.54) is 33.4 Å². The van der Waals surface area contributed by atoms with Crippen LogP contribution < -0.4 is 0 Å². The molecular weight excluding hydrogens is 288 g/mol. The van der Waals surface area contributed by atoms with Crippen molar-refractivity contribution in [2.75, 3.05) is 0 Å². The lowest BCUT2D eigenvalue weighted by Gasteiger charge is -2.07. The Hall–Kier alpha value is -2.60. The molecule has 0 heteroatoms. The van der Waals surface area contributed by atoms with Crippen LogP contribution in [0.1, 0.15) is 24.5 Å². The summed E-state index contributed by atoms with van der Waals surface area (Å²) >= 11 is 0. The zero-order chi connectivity index (χ0) is 16.8. The summed E-state index contributed by atoms with van der Waals surface area (Å²) in [6.07, 6.45) is 6.56. The molecular formula is C24H24. The van der Waals surface area contributed by atoms with Crippen molar-refractivity contribution in [2.45, 2.75) is 26.7 Å². The second kappa shape index (κ2) is 7.79. The van der Waals surface area contributed by atoms with E-state index in [0.29, 0.717) is 0 Å². The van der Waals surface area contributed by atoms with Crippen LogP contribution in [0.15, 0.2) is 84.9 Å². The molecule has 0 fully saturated rings. The van der Waals surface area contributed by atoms with E-state index < -0.39 is 0 Å². The fourth-order valence-corrected chi connectivity index (χ4v) is 2.88. The summed E-state index contributed by atoms with van der Waals surface area (Å²) in [4.78, 5) is 0. The molecule has 3 aromatic rings. The predicted octanol–water partition coefficient (Wildman–Crippen LogP) is 6.84. The van der Waals surface area contributed by atoms with Crippen LogP contribution in [0.2, 0.25) is 0 Å². The van der Waals surface area contributed by atoms with Gasteiger partial charge in [0.25, 0.3) is 0 Å². The van der Waals surface area contributed by atoms with Crippen molar-refractivity contribution >= 4 is 0 Å². The van der Waals surface area contributed by atoms with Crippen LogP contribution in [0.3, 0.4) is 0 Å². The van der Waals surface area contributed by atoms with Gasteiger partial charge < -0.3 is 0 Å². The van der Waals surface area contributed by atoms with Crippen LogP contribution in [0.5, 0.6) is 0 Å². The first-order chi connectivity index (χ1) is 11.8. The average molecular weight is 312 g/mol. The molecule has 24 heavy (non-hydrogen) atoms. The van der Waals surface area contributed by atoms with Crippen molar-refractivity contribution in [1.29, 1.82) is 0 Å². The van der Waals surface area contributed by atoms with E-state index in [4.69, 9.17) is 0 Å². The minimum Gasteiger partial charge on any atom is -0.0917 e. The molecule has 0 aromatic heterocycles. The second-order valence-corrected chi connectivity index (χ2v) is 6.25. The van der Waals surface area contributed by atoms with Crippen LogP contribution in [0.4, 0.5) is 0 Å². The molecule has 0 aliphatic carbocycles. The molecule has 0 atom stereocenters. The maximum absolute atomic E-state index is 2.24. The summed E-state index contributed by atoms with van der Waals surface area (Å²) in [5.74, 6) is 0. The Balaban J connectivity index is 1.74. The summed E-state index contributed by atoms with van der Waals surface area (Å²) in [5.41, 5.74) is 7.78. The molecule has 3 aromatic carbocycles. The maximum atomic E-state index is 2.24. The Labute approximate surface area is 145 Å². The first-order valence-electron chi connectivity index (χ1n) is 8.64. The fourth-order valence-electron chi connectivity index (χ4n) is 2.88. The SMILES string of the molecule is C/C=C/CCc1ccc(-c2ccc(-c3ccc(C)cc3)cc2)cc1. The highest BCUT2D eigenvalue weighted by molar-refractivity contribution is 5.70. The van der Waals surface area contributed by atoms with Crippen LogP contribution in [-0.4, -0.2) is 0 Å². The van der Waals surface area contributed by atoms with Gasteiger partial charge in [0.05, 0.1) is 0 Å². The molecule has 0 saturated carbocycles. The molecule has 0 unspecified atom stereocenters. The third-order valence-corrected chi connectivity index (χ3v) is 4.39. The smallest absolute Gasteiger partial charge is 0.0184 e. The van der Waals surface area contributed by atoms with Crippen LogP contribution in [0, 0.1) is 6.92 Å². The highest BCUT2D eigenvalue weighted by Crippen LogP contribution is 2.25. The minimum absolute atomic E-state index is 1.11. The van der Waals surface area contributed by atoms with Crippen LogP contribution in [-0.2, 0) is 6.42 Å². The van der Waals surface area contributed by atoms with E-state index >= 15 is 0 Å². The Morgan fingerprint density at radius 2 is 1.04 bits per heavy atom. The van der Waals surface area contributed by atoms with Crippen LogP contribution >= 0.6 is 0 Å². The molecule has 0 heterocycles. The summed E-state index contributed by atoms with van der Waals surface area (Å²) in [6.45, 7) is 4.19. The molecule has 0 N–H and O–H groups in total. The number of hydrogen-bond donors (Lipinski definition) is 0. The predicted molar refractivity (Wildman–Crippen MR) is 105 cm³/mol. The molecule has 0 spiro atoms. The lowest BCUT2D eigenvalue weighted by molar-refractivity contribution is 1.000.